The lowest BCUT2D eigenvalue weighted by Crippen LogP contribution is -2.60. The zero-order valence-corrected chi connectivity index (χ0v) is 7.45. The van der Waals surface area contributed by atoms with E-state index in [0.29, 0.717) is 19.6 Å². The van der Waals surface area contributed by atoms with Gasteiger partial charge in [-0.3, -0.25) is 9.69 Å². The van der Waals surface area contributed by atoms with Crippen LogP contribution in [0.25, 0.3) is 0 Å². The Bertz CT molecular complexity index is 157. The molecule has 0 aromatic heterocycles. The maximum atomic E-state index is 10.7. The molecule has 0 amide bonds. The second-order valence-corrected chi connectivity index (χ2v) is 3.06. The Kier molecular flexibility index (Phi) is 3.20. The highest BCUT2D eigenvalue weighted by molar-refractivity contribution is 5.62. The lowest BCUT2D eigenvalue weighted by molar-refractivity contribution is -0.122. The minimum Gasteiger partial charge on any atom is -0.379 e. The van der Waals surface area contributed by atoms with Crippen LogP contribution in [0.5, 0.6) is 0 Å². The number of nitrogens with two attached hydrogens (primary N) is 1. The summed E-state index contributed by atoms with van der Waals surface area (Å²) in [7, 11) is 0. The summed E-state index contributed by atoms with van der Waals surface area (Å²) in [6.45, 7) is 4.77. The molecule has 1 saturated heterocycles. The van der Waals surface area contributed by atoms with E-state index in [1.165, 1.54) is 0 Å². The predicted octanol–water partition coefficient (Wildman–Crippen LogP) is -0.417. The minimum absolute atomic E-state index is 0.649. The standard InChI is InChI=1S/C8H16N2O2/c1-2-8(9,7-11)10-3-5-12-6-4-10/h7H,2-6,9H2,1H3. The third-order valence-electron chi connectivity index (χ3n) is 2.37. The van der Waals surface area contributed by atoms with Crippen LogP contribution in [-0.2, 0) is 9.53 Å². The van der Waals surface area contributed by atoms with E-state index in [9.17, 15) is 4.79 Å². The zero-order chi connectivity index (χ0) is 9.03. The molecule has 4 heteroatoms. The van der Waals surface area contributed by atoms with Crippen molar-refractivity contribution in [3.63, 3.8) is 0 Å². The van der Waals surface area contributed by atoms with E-state index in [2.05, 4.69) is 0 Å². The van der Waals surface area contributed by atoms with E-state index in [1.807, 2.05) is 11.8 Å². The van der Waals surface area contributed by atoms with Crippen LogP contribution < -0.4 is 5.73 Å². The van der Waals surface area contributed by atoms with Gasteiger partial charge in [-0.1, -0.05) is 6.92 Å². The second kappa shape index (κ2) is 3.98. The quantitative estimate of drug-likeness (QED) is 0.588. The number of aldehydes is 1. The molecule has 1 atom stereocenters. The van der Waals surface area contributed by atoms with Crippen molar-refractivity contribution in [2.45, 2.75) is 19.0 Å². The van der Waals surface area contributed by atoms with Crippen LogP contribution in [0.4, 0.5) is 0 Å². The molecule has 4 nitrogen and oxygen atoms in total. The van der Waals surface area contributed by atoms with Gasteiger partial charge in [0.1, 0.15) is 5.66 Å². The molecular weight excluding hydrogens is 156 g/mol. The van der Waals surface area contributed by atoms with E-state index in [4.69, 9.17) is 10.5 Å². The third kappa shape index (κ3) is 1.83. The first kappa shape index (κ1) is 9.64. The predicted molar refractivity (Wildman–Crippen MR) is 45.7 cm³/mol. The van der Waals surface area contributed by atoms with Crippen molar-refractivity contribution in [1.29, 1.82) is 0 Å². The number of nitrogens with zero attached hydrogens (tertiary/aromatic N) is 1. The topological polar surface area (TPSA) is 55.6 Å². The van der Waals surface area contributed by atoms with Crippen LogP contribution >= 0.6 is 0 Å². The Labute approximate surface area is 72.7 Å². The highest BCUT2D eigenvalue weighted by Crippen LogP contribution is 2.12. The average molecular weight is 172 g/mol. The number of hydrogen-bond acceptors (Lipinski definition) is 4. The molecule has 1 rings (SSSR count). The normalized spacial score (nSPS) is 24.8. The fourth-order valence-corrected chi connectivity index (χ4v) is 1.36. The van der Waals surface area contributed by atoms with Crippen molar-refractivity contribution in [2.24, 2.45) is 5.73 Å². The first-order valence-electron chi connectivity index (χ1n) is 4.31. The zero-order valence-electron chi connectivity index (χ0n) is 7.45. The lowest BCUT2D eigenvalue weighted by atomic mass is 10.1. The van der Waals surface area contributed by atoms with E-state index in [0.717, 1.165) is 19.4 Å². The molecule has 2 N–H and O–H groups in total. The van der Waals surface area contributed by atoms with Gasteiger partial charge in [0, 0.05) is 13.1 Å². The summed E-state index contributed by atoms with van der Waals surface area (Å²) in [4.78, 5) is 12.7. The number of rotatable bonds is 3. The van der Waals surface area contributed by atoms with Crippen molar-refractivity contribution in [2.75, 3.05) is 26.3 Å². The Hall–Kier alpha value is -0.450. The van der Waals surface area contributed by atoms with Gasteiger partial charge in [-0.25, -0.2) is 0 Å². The number of ether oxygens (including phenoxy) is 1. The largest absolute Gasteiger partial charge is 0.379 e. The molecule has 0 radical (unpaired) electrons. The van der Waals surface area contributed by atoms with Gasteiger partial charge in [-0.05, 0) is 6.42 Å². The molecule has 0 spiro atoms. The Morgan fingerprint density at radius 1 is 1.58 bits per heavy atom. The molecule has 1 unspecified atom stereocenters. The highest BCUT2D eigenvalue weighted by Gasteiger charge is 2.31. The van der Waals surface area contributed by atoms with Crippen molar-refractivity contribution < 1.29 is 9.53 Å². The molecule has 1 aliphatic heterocycles. The summed E-state index contributed by atoms with van der Waals surface area (Å²) in [5.41, 5.74) is 5.10. The van der Waals surface area contributed by atoms with Crippen LogP contribution in [0.2, 0.25) is 0 Å². The van der Waals surface area contributed by atoms with Gasteiger partial charge >= 0.3 is 0 Å². The second-order valence-electron chi connectivity index (χ2n) is 3.06. The summed E-state index contributed by atoms with van der Waals surface area (Å²) in [6, 6.07) is 0. The third-order valence-corrected chi connectivity index (χ3v) is 2.37. The molecular formula is C8H16N2O2. The SMILES string of the molecule is CCC(N)(C=O)N1CCOCC1. The van der Waals surface area contributed by atoms with Gasteiger partial charge in [-0.2, -0.15) is 0 Å². The molecule has 1 aliphatic rings. The maximum Gasteiger partial charge on any atom is 0.154 e. The Balaban J connectivity index is 2.57. The molecule has 0 aromatic carbocycles. The first-order chi connectivity index (χ1) is 5.73. The van der Waals surface area contributed by atoms with E-state index in [1.54, 1.807) is 0 Å². The van der Waals surface area contributed by atoms with Crippen molar-refractivity contribution >= 4 is 6.29 Å². The van der Waals surface area contributed by atoms with Gasteiger partial charge < -0.3 is 10.5 Å². The van der Waals surface area contributed by atoms with Crippen LogP contribution in [0.1, 0.15) is 13.3 Å². The number of hydrogen-bond donors (Lipinski definition) is 1. The molecule has 1 fully saturated rings. The Morgan fingerprint density at radius 2 is 2.17 bits per heavy atom. The molecule has 1 heterocycles. The van der Waals surface area contributed by atoms with E-state index >= 15 is 0 Å². The van der Waals surface area contributed by atoms with Crippen molar-refractivity contribution in [3.8, 4) is 0 Å². The first-order valence-corrected chi connectivity index (χ1v) is 4.31. The fourth-order valence-electron chi connectivity index (χ4n) is 1.36. The van der Waals surface area contributed by atoms with Crippen LogP contribution in [-0.4, -0.2) is 43.2 Å². The van der Waals surface area contributed by atoms with Crippen LogP contribution in [0.15, 0.2) is 0 Å². The molecule has 0 bridgehead atoms. The van der Waals surface area contributed by atoms with Crippen molar-refractivity contribution in [3.05, 3.63) is 0 Å². The Morgan fingerprint density at radius 3 is 2.58 bits per heavy atom. The minimum atomic E-state index is -0.774. The fraction of sp³-hybridized carbons (Fsp3) is 0.875. The smallest absolute Gasteiger partial charge is 0.154 e. The summed E-state index contributed by atoms with van der Waals surface area (Å²) in [5.74, 6) is 0. The molecule has 70 valence electrons. The molecule has 12 heavy (non-hydrogen) atoms. The van der Waals surface area contributed by atoms with E-state index < -0.39 is 5.66 Å². The number of carbonyl (C=O) groups excluding carboxylic acids is 1. The maximum absolute atomic E-state index is 10.7. The highest BCUT2D eigenvalue weighted by atomic mass is 16.5. The van der Waals surface area contributed by atoms with E-state index in [-0.39, 0.29) is 0 Å². The summed E-state index contributed by atoms with van der Waals surface area (Å²) in [5, 5.41) is 0. The summed E-state index contributed by atoms with van der Waals surface area (Å²) < 4.78 is 5.17. The van der Waals surface area contributed by atoms with Crippen LogP contribution in [0, 0.1) is 0 Å². The monoisotopic (exact) mass is 172 g/mol. The molecule has 0 aromatic rings. The van der Waals surface area contributed by atoms with Gasteiger partial charge in [0.25, 0.3) is 0 Å². The number of morpholine rings is 1. The molecule has 0 saturated carbocycles. The van der Waals surface area contributed by atoms with Crippen molar-refractivity contribution in [1.82, 2.24) is 4.90 Å². The summed E-state index contributed by atoms with van der Waals surface area (Å²) >= 11 is 0. The average Bonchev–Trinajstić information content (AvgIpc) is 2.18. The van der Waals surface area contributed by atoms with Gasteiger partial charge in [0.2, 0.25) is 0 Å². The number of carbonyl (C=O) groups is 1. The van der Waals surface area contributed by atoms with Gasteiger partial charge in [0.05, 0.1) is 13.2 Å². The lowest BCUT2D eigenvalue weighted by Gasteiger charge is -2.38. The van der Waals surface area contributed by atoms with Gasteiger partial charge in [0.15, 0.2) is 6.29 Å². The van der Waals surface area contributed by atoms with Crippen LogP contribution in [0.3, 0.4) is 0 Å². The summed E-state index contributed by atoms with van der Waals surface area (Å²) in [6.07, 6.45) is 1.48. The molecule has 0 aliphatic carbocycles. The van der Waals surface area contributed by atoms with Gasteiger partial charge in [-0.15, -0.1) is 0 Å².